The van der Waals surface area contributed by atoms with Crippen molar-refractivity contribution in [2.45, 2.75) is 52.1 Å². The van der Waals surface area contributed by atoms with Gasteiger partial charge in [-0.15, -0.1) is 0 Å². The molecule has 2 N–H and O–H groups in total. The van der Waals surface area contributed by atoms with Crippen molar-refractivity contribution in [3.63, 3.8) is 0 Å². The first-order valence-electron chi connectivity index (χ1n) is 7.97. The summed E-state index contributed by atoms with van der Waals surface area (Å²) in [5, 5.41) is 10.7. The lowest BCUT2D eigenvalue weighted by atomic mass is 10.0. The minimum atomic E-state index is -1.000. The maximum absolute atomic E-state index is 12.8. The second-order valence-electron chi connectivity index (χ2n) is 6.16. The maximum atomic E-state index is 12.8. The summed E-state index contributed by atoms with van der Waals surface area (Å²) in [6.45, 7) is 4.87. The Morgan fingerprint density at radius 1 is 1.17 bits per heavy atom. The highest BCUT2D eigenvalue weighted by molar-refractivity contribution is 5.91. The average molecular weight is 344 g/mol. The van der Waals surface area contributed by atoms with Gasteiger partial charge in [0.1, 0.15) is 12.1 Å². The van der Waals surface area contributed by atoms with Crippen LogP contribution in [0.3, 0.4) is 0 Å². The molecule has 9 nitrogen and oxygen atoms in total. The SMILES string of the molecule is CCCC(=O)N(C)[C@H](CC[N+](=O)[O-])C(=O)N(C)[C@H](C(N)=O)C(C)C. The van der Waals surface area contributed by atoms with Gasteiger partial charge in [0, 0.05) is 31.9 Å². The summed E-state index contributed by atoms with van der Waals surface area (Å²) in [4.78, 5) is 49.0. The average Bonchev–Trinajstić information content (AvgIpc) is 2.45. The van der Waals surface area contributed by atoms with Crippen LogP contribution in [0.25, 0.3) is 0 Å². The van der Waals surface area contributed by atoms with Gasteiger partial charge in [-0.3, -0.25) is 24.5 Å². The van der Waals surface area contributed by atoms with E-state index < -0.39 is 35.4 Å². The van der Waals surface area contributed by atoms with Crippen LogP contribution in [0.15, 0.2) is 0 Å². The number of nitrogens with zero attached hydrogens (tertiary/aromatic N) is 3. The molecule has 0 saturated heterocycles. The number of likely N-dealkylation sites (N-methyl/N-ethyl adjacent to an activating group) is 2. The maximum Gasteiger partial charge on any atom is 0.246 e. The molecule has 0 spiro atoms. The van der Waals surface area contributed by atoms with Gasteiger partial charge in [-0.2, -0.15) is 0 Å². The van der Waals surface area contributed by atoms with Crippen molar-refractivity contribution in [1.29, 1.82) is 0 Å². The lowest BCUT2D eigenvalue weighted by molar-refractivity contribution is -0.481. The van der Waals surface area contributed by atoms with Gasteiger partial charge >= 0.3 is 0 Å². The van der Waals surface area contributed by atoms with Crippen LogP contribution in [-0.4, -0.2) is 65.2 Å². The van der Waals surface area contributed by atoms with Crippen LogP contribution in [0, 0.1) is 16.0 Å². The number of hydrogen-bond donors (Lipinski definition) is 1. The van der Waals surface area contributed by atoms with Crippen molar-refractivity contribution in [2.75, 3.05) is 20.6 Å². The van der Waals surface area contributed by atoms with Crippen LogP contribution in [0.5, 0.6) is 0 Å². The van der Waals surface area contributed by atoms with Gasteiger partial charge in [0.25, 0.3) is 0 Å². The van der Waals surface area contributed by atoms with Gasteiger partial charge < -0.3 is 15.5 Å². The van der Waals surface area contributed by atoms with Crippen LogP contribution in [0.4, 0.5) is 0 Å². The lowest BCUT2D eigenvalue weighted by Crippen LogP contribution is -2.55. The van der Waals surface area contributed by atoms with E-state index in [1.165, 1.54) is 23.9 Å². The molecule has 0 aromatic heterocycles. The second-order valence-corrected chi connectivity index (χ2v) is 6.16. The van der Waals surface area contributed by atoms with Crippen molar-refractivity contribution in [1.82, 2.24) is 9.80 Å². The molecule has 138 valence electrons. The molecule has 3 amide bonds. The summed E-state index contributed by atoms with van der Waals surface area (Å²) in [5.74, 6) is -1.67. The number of amides is 3. The second kappa shape index (κ2) is 9.84. The first kappa shape index (κ1) is 21.8. The number of nitrogens with two attached hydrogens (primary N) is 1. The molecule has 0 fully saturated rings. The lowest BCUT2D eigenvalue weighted by Gasteiger charge is -2.34. The molecular weight excluding hydrogens is 316 g/mol. The Balaban J connectivity index is 5.44. The first-order chi connectivity index (χ1) is 11.0. The van der Waals surface area contributed by atoms with Crippen molar-refractivity contribution >= 4 is 17.7 Å². The normalized spacial score (nSPS) is 13.2. The van der Waals surface area contributed by atoms with E-state index in [-0.39, 0.29) is 24.7 Å². The molecule has 0 aromatic carbocycles. The number of carbonyl (C=O) groups excluding carboxylic acids is 3. The molecule has 9 heteroatoms. The zero-order valence-electron chi connectivity index (χ0n) is 15.0. The van der Waals surface area contributed by atoms with E-state index in [0.717, 1.165) is 0 Å². The number of carbonyl (C=O) groups is 3. The molecule has 0 saturated carbocycles. The Bertz CT molecular complexity index is 480. The third kappa shape index (κ3) is 6.13. The third-order valence-corrected chi connectivity index (χ3v) is 3.88. The van der Waals surface area contributed by atoms with Gasteiger partial charge in [-0.1, -0.05) is 20.8 Å². The largest absolute Gasteiger partial charge is 0.368 e. The fourth-order valence-corrected chi connectivity index (χ4v) is 2.61. The zero-order chi connectivity index (χ0) is 19.0. The molecule has 0 heterocycles. The van der Waals surface area contributed by atoms with Crippen LogP contribution in [0.2, 0.25) is 0 Å². The summed E-state index contributed by atoms with van der Waals surface area (Å²) in [7, 11) is 2.87. The van der Waals surface area contributed by atoms with Gasteiger partial charge in [0.05, 0.1) is 0 Å². The highest BCUT2D eigenvalue weighted by Crippen LogP contribution is 2.15. The summed E-state index contributed by atoms with van der Waals surface area (Å²) >= 11 is 0. The van der Waals surface area contributed by atoms with Crippen molar-refractivity contribution in [2.24, 2.45) is 11.7 Å². The van der Waals surface area contributed by atoms with E-state index in [2.05, 4.69) is 0 Å². The monoisotopic (exact) mass is 344 g/mol. The summed E-state index contributed by atoms with van der Waals surface area (Å²) in [5.41, 5.74) is 5.36. The molecule has 0 rings (SSSR count). The molecule has 0 radical (unpaired) electrons. The fraction of sp³-hybridized carbons (Fsp3) is 0.800. The predicted octanol–water partition coefficient (Wildman–Crippen LogP) is 0.249. The topological polar surface area (TPSA) is 127 Å². The first-order valence-corrected chi connectivity index (χ1v) is 7.97. The Labute approximate surface area is 142 Å². The standard InChI is InChI=1S/C15H28N4O5/c1-6-7-12(20)17(4)11(8-9-19(23)24)15(22)18(5)13(10(2)3)14(16)21/h10-11,13H,6-9H2,1-5H3,(H2,16,21)/t11-,13+/m1/s1. The van der Waals surface area contributed by atoms with E-state index in [4.69, 9.17) is 5.73 Å². The summed E-state index contributed by atoms with van der Waals surface area (Å²) in [6, 6.07) is -1.84. The number of hydrogen-bond acceptors (Lipinski definition) is 5. The molecule has 0 aliphatic rings. The predicted molar refractivity (Wildman–Crippen MR) is 88.5 cm³/mol. The number of rotatable bonds is 10. The smallest absolute Gasteiger partial charge is 0.246 e. The number of nitro groups is 1. The Morgan fingerprint density at radius 2 is 1.71 bits per heavy atom. The molecule has 0 aromatic rings. The number of primary amides is 1. The van der Waals surface area contributed by atoms with Gasteiger partial charge in [-0.25, -0.2) is 0 Å². The van der Waals surface area contributed by atoms with Gasteiger partial charge in [-0.05, 0) is 12.3 Å². The molecule has 0 bridgehead atoms. The van der Waals surface area contributed by atoms with Crippen LogP contribution >= 0.6 is 0 Å². The van der Waals surface area contributed by atoms with Crippen molar-refractivity contribution in [3.8, 4) is 0 Å². The Kier molecular flexibility index (Phi) is 8.94. The Hall–Kier alpha value is -2.19. The van der Waals surface area contributed by atoms with Crippen molar-refractivity contribution in [3.05, 3.63) is 10.1 Å². The molecule has 0 unspecified atom stereocenters. The third-order valence-electron chi connectivity index (χ3n) is 3.88. The van der Waals surface area contributed by atoms with Crippen LogP contribution in [-0.2, 0) is 14.4 Å². The van der Waals surface area contributed by atoms with E-state index in [9.17, 15) is 24.5 Å². The Morgan fingerprint density at radius 3 is 2.08 bits per heavy atom. The van der Waals surface area contributed by atoms with E-state index >= 15 is 0 Å². The fourth-order valence-electron chi connectivity index (χ4n) is 2.61. The van der Waals surface area contributed by atoms with Crippen LogP contribution in [0.1, 0.15) is 40.0 Å². The van der Waals surface area contributed by atoms with Crippen LogP contribution < -0.4 is 5.73 Å². The highest BCUT2D eigenvalue weighted by atomic mass is 16.6. The molecular formula is C15H28N4O5. The van der Waals surface area contributed by atoms with E-state index in [1.807, 2.05) is 6.92 Å². The zero-order valence-corrected chi connectivity index (χ0v) is 15.0. The van der Waals surface area contributed by atoms with Gasteiger partial charge in [0.2, 0.25) is 24.3 Å². The molecule has 24 heavy (non-hydrogen) atoms. The van der Waals surface area contributed by atoms with E-state index in [0.29, 0.717) is 6.42 Å². The van der Waals surface area contributed by atoms with Gasteiger partial charge in [0.15, 0.2) is 0 Å². The summed E-state index contributed by atoms with van der Waals surface area (Å²) < 4.78 is 0. The molecule has 2 atom stereocenters. The minimum absolute atomic E-state index is 0.119. The molecule has 0 aliphatic heterocycles. The summed E-state index contributed by atoms with van der Waals surface area (Å²) in [6.07, 6.45) is 0.725. The quantitative estimate of drug-likeness (QED) is 0.449. The highest BCUT2D eigenvalue weighted by Gasteiger charge is 2.35. The molecule has 0 aliphatic carbocycles. The van der Waals surface area contributed by atoms with E-state index in [1.54, 1.807) is 13.8 Å². The minimum Gasteiger partial charge on any atom is -0.368 e. The van der Waals surface area contributed by atoms with Crippen molar-refractivity contribution < 1.29 is 19.3 Å².